The number of carbonyl (C=O) groups is 1. The summed E-state index contributed by atoms with van der Waals surface area (Å²) < 4.78 is 32.5. The lowest BCUT2D eigenvalue weighted by Gasteiger charge is -2.35. The molecule has 1 unspecified atom stereocenters. The van der Waals surface area contributed by atoms with Crippen LogP contribution in [-0.2, 0) is 14.8 Å². The van der Waals surface area contributed by atoms with Crippen molar-refractivity contribution in [1.82, 2.24) is 14.2 Å². The molecule has 2 saturated heterocycles. The molecule has 2 aliphatic heterocycles. The van der Waals surface area contributed by atoms with E-state index in [-0.39, 0.29) is 40.9 Å². The van der Waals surface area contributed by atoms with Gasteiger partial charge in [0.25, 0.3) is 5.91 Å². The summed E-state index contributed by atoms with van der Waals surface area (Å²) >= 11 is 0. The Morgan fingerprint density at radius 3 is 2.70 bits per heavy atom. The highest BCUT2D eigenvalue weighted by Crippen LogP contribution is 2.23. The molecule has 0 bridgehead atoms. The Labute approximate surface area is 175 Å². The van der Waals surface area contributed by atoms with Crippen LogP contribution in [0.4, 0.5) is 0 Å². The average Bonchev–Trinajstić information content (AvgIpc) is 2.79. The highest BCUT2D eigenvalue weighted by molar-refractivity contribution is 7.89. The fourth-order valence-electron chi connectivity index (χ4n) is 4.30. The van der Waals surface area contributed by atoms with E-state index < -0.39 is 15.5 Å². The summed E-state index contributed by atoms with van der Waals surface area (Å²) in [4.78, 5) is 31.1. The third-order valence-corrected chi connectivity index (χ3v) is 7.94. The van der Waals surface area contributed by atoms with Gasteiger partial charge in [-0.05, 0) is 43.9 Å². The zero-order valence-corrected chi connectivity index (χ0v) is 17.9. The summed E-state index contributed by atoms with van der Waals surface area (Å²) in [6.07, 6.45) is 5.24. The van der Waals surface area contributed by atoms with Gasteiger partial charge < -0.3 is 14.6 Å². The number of ether oxygens (including phenoxy) is 1. The van der Waals surface area contributed by atoms with E-state index in [0.29, 0.717) is 25.3 Å². The molecule has 3 heterocycles. The topological polar surface area (TPSA) is 99.8 Å². The van der Waals surface area contributed by atoms with Crippen molar-refractivity contribution in [2.75, 3.05) is 32.8 Å². The average molecular weight is 434 g/mol. The largest absolute Gasteiger partial charge is 0.379 e. The number of H-pyrrole nitrogens is 1. The number of likely N-dealkylation sites (tertiary alicyclic amines) is 1. The number of amides is 1. The number of morpholine rings is 1. The van der Waals surface area contributed by atoms with E-state index in [2.05, 4.69) is 4.98 Å². The van der Waals surface area contributed by atoms with Crippen LogP contribution < -0.4 is 5.43 Å². The summed E-state index contributed by atoms with van der Waals surface area (Å²) in [5.41, 5.74) is 0.125. The maximum absolute atomic E-state index is 13.2. The van der Waals surface area contributed by atoms with Crippen LogP contribution >= 0.6 is 0 Å². The number of aromatic amines is 1. The molecule has 8 nitrogen and oxygen atoms in total. The maximum atomic E-state index is 13.2. The number of nitrogens with zero attached hydrogens (tertiary/aromatic N) is 2. The van der Waals surface area contributed by atoms with E-state index in [9.17, 15) is 18.0 Å². The number of hydrogen-bond donors (Lipinski definition) is 1. The van der Waals surface area contributed by atoms with Gasteiger partial charge in [0.1, 0.15) is 5.56 Å². The van der Waals surface area contributed by atoms with E-state index in [1.165, 1.54) is 22.6 Å². The van der Waals surface area contributed by atoms with Crippen molar-refractivity contribution in [2.24, 2.45) is 0 Å². The number of carbonyl (C=O) groups excluding carboxylic acids is 1. The van der Waals surface area contributed by atoms with Gasteiger partial charge in [-0.1, -0.05) is 6.92 Å². The number of nitrogens with one attached hydrogen (secondary N) is 1. The number of pyridine rings is 1. The second-order valence-electron chi connectivity index (χ2n) is 7.81. The Balaban J connectivity index is 1.73. The van der Waals surface area contributed by atoms with Crippen LogP contribution in [-0.4, -0.2) is 67.4 Å². The first-order valence-corrected chi connectivity index (χ1v) is 11.9. The van der Waals surface area contributed by atoms with E-state index in [1.54, 1.807) is 11.0 Å². The van der Waals surface area contributed by atoms with Crippen molar-refractivity contribution < 1.29 is 17.9 Å². The highest BCUT2D eigenvalue weighted by Gasteiger charge is 2.29. The Kier molecular flexibility index (Phi) is 5.95. The van der Waals surface area contributed by atoms with Crippen molar-refractivity contribution in [3.8, 4) is 0 Å². The third-order valence-electron chi connectivity index (χ3n) is 6.05. The van der Waals surface area contributed by atoms with Gasteiger partial charge in [-0.2, -0.15) is 4.31 Å². The summed E-state index contributed by atoms with van der Waals surface area (Å²) in [6.45, 7) is 3.94. The number of piperidine rings is 1. The Morgan fingerprint density at radius 2 is 1.97 bits per heavy atom. The van der Waals surface area contributed by atoms with Gasteiger partial charge in [0, 0.05) is 42.8 Å². The number of hydrogen-bond acceptors (Lipinski definition) is 5. The molecule has 0 radical (unpaired) electrons. The van der Waals surface area contributed by atoms with Crippen LogP contribution in [0, 0.1) is 0 Å². The molecule has 30 heavy (non-hydrogen) atoms. The predicted molar refractivity (Wildman–Crippen MR) is 113 cm³/mol. The van der Waals surface area contributed by atoms with Crippen LogP contribution in [0.2, 0.25) is 0 Å². The molecular weight excluding hydrogens is 406 g/mol. The van der Waals surface area contributed by atoms with Crippen LogP contribution in [0.5, 0.6) is 0 Å². The Bertz CT molecular complexity index is 1110. The number of fused-ring (bicyclic) bond motifs is 1. The quantitative estimate of drug-likeness (QED) is 0.795. The Hall–Kier alpha value is -2.23. The van der Waals surface area contributed by atoms with Gasteiger partial charge in [-0.25, -0.2) is 8.42 Å². The lowest BCUT2D eigenvalue weighted by Crippen LogP contribution is -2.44. The lowest BCUT2D eigenvalue weighted by atomic mass is 9.99. The van der Waals surface area contributed by atoms with Gasteiger partial charge in [-0.3, -0.25) is 9.59 Å². The van der Waals surface area contributed by atoms with Crippen LogP contribution in [0.15, 0.2) is 34.1 Å². The number of benzene rings is 1. The van der Waals surface area contributed by atoms with Crippen LogP contribution in [0.25, 0.3) is 10.9 Å². The third kappa shape index (κ3) is 3.77. The zero-order valence-electron chi connectivity index (χ0n) is 17.1. The molecule has 4 rings (SSSR count). The van der Waals surface area contributed by atoms with Gasteiger partial charge >= 0.3 is 0 Å². The molecule has 1 aromatic heterocycles. The fraction of sp³-hybridized carbons (Fsp3) is 0.524. The minimum Gasteiger partial charge on any atom is -0.379 e. The molecule has 9 heteroatoms. The summed E-state index contributed by atoms with van der Waals surface area (Å²) in [5, 5.41) is 0.209. The summed E-state index contributed by atoms with van der Waals surface area (Å²) in [5.74, 6) is -0.286. The normalized spacial score (nSPS) is 21.1. The number of sulfonamides is 1. The molecule has 1 amide bonds. The van der Waals surface area contributed by atoms with Gasteiger partial charge in [-0.15, -0.1) is 0 Å². The Morgan fingerprint density at radius 1 is 1.20 bits per heavy atom. The van der Waals surface area contributed by atoms with Crippen molar-refractivity contribution in [3.63, 3.8) is 0 Å². The number of aromatic nitrogens is 1. The second kappa shape index (κ2) is 8.49. The number of rotatable bonds is 4. The lowest BCUT2D eigenvalue weighted by molar-refractivity contribution is 0.0606. The monoisotopic (exact) mass is 433 g/mol. The first-order valence-electron chi connectivity index (χ1n) is 10.5. The zero-order chi connectivity index (χ0) is 21.3. The molecule has 0 spiro atoms. The molecule has 1 N–H and O–H groups in total. The first kappa shape index (κ1) is 21.0. The minimum absolute atomic E-state index is 0.0522. The fourth-order valence-corrected chi connectivity index (χ4v) is 5.73. The second-order valence-corrected chi connectivity index (χ2v) is 9.75. The van der Waals surface area contributed by atoms with E-state index in [4.69, 9.17) is 4.74 Å². The van der Waals surface area contributed by atoms with Crippen molar-refractivity contribution in [1.29, 1.82) is 0 Å². The molecule has 1 atom stereocenters. The van der Waals surface area contributed by atoms with Gasteiger partial charge in [0.15, 0.2) is 0 Å². The standard InChI is InChI=1S/C21H27N3O5S/c1-2-15-5-3-4-8-24(15)21(26)18-14-22-19-7-6-16(13-17(19)20(18)25)30(27,28)23-9-11-29-12-10-23/h6-7,13-15H,2-5,8-12H2,1H3,(H,22,25). The maximum Gasteiger partial charge on any atom is 0.259 e. The molecule has 2 aliphatic rings. The minimum atomic E-state index is -3.73. The van der Waals surface area contributed by atoms with Crippen LogP contribution in [0.3, 0.4) is 0 Å². The van der Waals surface area contributed by atoms with Crippen molar-refractivity contribution in [2.45, 2.75) is 43.5 Å². The smallest absolute Gasteiger partial charge is 0.259 e. The molecule has 0 saturated carbocycles. The predicted octanol–water partition coefficient (Wildman–Crippen LogP) is 1.95. The van der Waals surface area contributed by atoms with E-state index in [1.807, 2.05) is 6.92 Å². The van der Waals surface area contributed by atoms with E-state index >= 15 is 0 Å². The highest BCUT2D eigenvalue weighted by atomic mass is 32.2. The van der Waals surface area contributed by atoms with Gasteiger partial charge in [0.2, 0.25) is 15.5 Å². The molecule has 2 fully saturated rings. The van der Waals surface area contributed by atoms with Gasteiger partial charge in [0.05, 0.1) is 18.1 Å². The molecule has 1 aromatic carbocycles. The van der Waals surface area contributed by atoms with Crippen molar-refractivity contribution in [3.05, 3.63) is 40.2 Å². The molecular formula is C21H27N3O5S. The summed E-state index contributed by atoms with van der Waals surface area (Å²) in [6, 6.07) is 4.58. The SMILES string of the molecule is CCC1CCCCN1C(=O)c1c[nH]c2ccc(S(=O)(=O)N3CCOCC3)cc2c1=O. The van der Waals surface area contributed by atoms with Crippen LogP contribution in [0.1, 0.15) is 43.0 Å². The van der Waals surface area contributed by atoms with E-state index in [0.717, 1.165) is 25.7 Å². The first-order chi connectivity index (χ1) is 14.4. The van der Waals surface area contributed by atoms with Crippen molar-refractivity contribution >= 4 is 26.8 Å². The molecule has 0 aliphatic carbocycles. The molecule has 2 aromatic rings. The molecule has 162 valence electrons. The summed E-state index contributed by atoms with van der Waals surface area (Å²) in [7, 11) is -3.73.